The van der Waals surface area contributed by atoms with Gasteiger partial charge in [-0.05, 0) is 6.04 Å². The Morgan fingerprint density at radius 1 is 0.609 bits per heavy atom. The van der Waals surface area contributed by atoms with Crippen molar-refractivity contribution in [2.75, 3.05) is 0 Å². The summed E-state index contributed by atoms with van der Waals surface area (Å²) in [5.74, 6) is 0. The lowest BCUT2D eigenvalue weighted by molar-refractivity contribution is 0.751. The van der Waals surface area contributed by atoms with Crippen LogP contribution in [0.3, 0.4) is 0 Å². The molecule has 0 spiro atoms. The summed E-state index contributed by atoms with van der Waals surface area (Å²) >= 11 is 0. The zero-order valence-corrected chi connectivity index (χ0v) is 23.4. The molecule has 0 saturated carbocycles. The van der Waals surface area contributed by atoms with Crippen molar-refractivity contribution in [2.45, 2.75) is 91.5 Å². The summed E-state index contributed by atoms with van der Waals surface area (Å²) in [6, 6.07) is 1.28. The molecule has 0 N–H and O–H groups in total. The van der Waals surface area contributed by atoms with Gasteiger partial charge in [-0.15, -0.1) is 6.58 Å². The van der Waals surface area contributed by atoms with Gasteiger partial charge in [-0.3, -0.25) is 0 Å². The number of hydrogen-bond donors (Lipinski definition) is 0. The van der Waals surface area contributed by atoms with Crippen molar-refractivity contribution in [1.82, 2.24) is 7.79 Å². The molecule has 0 aromatic rings. The van der Waals surface area contributed by atoms with Crippen molar-refractivity contribution in [2.24, 2.45) is 0 Å². The molecule has 0 saturated heterocycles. The third-order valence-electron chi connectivity index (χ3n) is 4.30. The molecule has 23 heavy (non-hydrogen) atoms. The normalized spacial score (nSPS) is 15.4. The number of nitrogens with zero attached hydrogens (tertiary/aromatic N) is 2. The lowest BCUT2D eigenvalue weighted by atomic mass is 11.0. The summed E-state index contributed by atoms with van der Waals surface area (Å²) in [5.41, 5.74) is 2.46. The van der Waals surface area contributed by atoms with Crippen LogP contribution in [-0.4, -0.2) is 49.1 Å². The second kappa shape index (κ2) is 7.16. The molecule has 0 unspecified atom stereocenters. The van der Waals surface area contributed by atoms with E-state index in [9.17, 15) is 0 Å². The van der Waals surface area contributed by atoms with Crippen LogP contribution in [0.2, 0.25) is 84.6 Å². The van der Waals surface area contributed by atoms with Crippen molar-refractivity contribution >= 4 is 41.3 Å². The monoisotopic (exact) mass is 404 g/mol. The Morgan fingerprint density at radius 2 is 0.826 bits per heavy atom. The highest BCUT2D eigenvalue weighted by Gasteiger charge is 2.56. The summed E-state index contributed by atoms with van der Waals surface area (Å²) < 4.78 is 6.27. The van der Waals surface area contributed by atoms with E-state index in [1.54, 1.807) is 0 Å². The standard InChI is InChI=1S/C16H44N2Si5/c1-15-23(16-2,17(19(3,4)5)20(6,7)8)18(21(9,10)11)22(12,13)14/h15H,1,16H2,2-14H3. The van der Waals surface area contributed by atoms with E-state index in [0.29, 0.717) is 0 Å². The van der Waals surface area contributed by atoms with E-state index in [1.807, 2.05) is 0 Å². The molecule has 138 valence electrons. The van der Waals surface area contributed by atoms with E-state index in [4.69, 9.17) is 0 Å². The second-order valence-electron chi connectivity index (χ2n) is 10.8. The fraction of sp³-hybridized carbons (Fsp3) is 0.875. The van der Waals surface area contributed by atoms with E-state index in [1.165, 1.54) is 6.04 Å². The Balaban J connectivity index is 6.74. The highest BCUT2D eigenvalue weighted by Crippen LogP contribution is 2.38. The maximum absolute atomic E-state index is 4.47. The minimum atomic E-state index is -1.87. The lowest BCUT2D eigenvalue weighted by Crippen LogP contribution is -2.83. The first kappa shape index (κ1) is 23.7. The molecule has 0 aromatic carbocycles. The van der Waals surface area contributed by atoms with Gasteiger partial charge in [0.2, 0.25) is 8.40 Å². The number of hydrogen-bond acceptors (Lipinski definition) is 2. The SMILES string of the molecule is C=C[Si](CC)(N([Si](C)(C)C)[Si](C)(C)C)N([Si](C)(C)C)[Si](C)(C)C. The Morgan fingerprint density at radius 3 is 0.913 bits per heavy atom. The predicted molar refractivity (Wildman–Crippen MR) is 123 cm³/mol. The molecule has 7 heteroatoms. The topological polar surface area (TPSA) is 6.48 Å². The minimum Gasteiger partial charge on any atom is -0.354 e. The lowest BCUT2D eigenvalue weighted by Gasteiger charge is -2.63. The molecule has 2 nitrogen and oxygen atoms in total. The first-order valence-corrected chi connectivity index (χ1v) is 25.1. The van der Waals surface area contributed by atoms with Gasteiger partial charge in [0, 0.05) is 0 Å². The zero-order chi connectivity index (χ0) is 19.1. The Labute approximate surface area is 152 Å². The third-order valence-corrected chi connectivity index (χ3v) is 33.7. The second-order valence-corrected chi connectivity index (χ2v) is 36.4. The van der Waals surface area contributed by atoms with E-state index in [0.717, 1.165) is 0 Å². The van der Waals surface area contributed by atoms with Crippen LogP contribution in [0.4, 0.5) is 0 Å². The van der Waals surface area contributed by atoms with Crippen molar-refractivity contribution < 1.29 is 0 Å². The van der Waals surface area contributed by atoms with E-state index in [2.05, 4.69) is 106 Å². The van der Waals surface area contributed by atoms with Crippen LogP contribution in [0.5, 0.6) is 0 Å². The van der Waals surface area contributed by atoms with Gasteiger partial charge < -0.3 is 7.79 Å². The average molecular weight is 405 g/mol. The van der Waals surface area contributed by atoms with Gasteiger partial charge in [0.25, 0.3) is 0 Å². The predicted octanol–water partition coefficient (Wildman–Crippen LogP) is 6.12. The largest absolute Gasteiger partial charge is 0.354 e. The quantitative estimate of drug-likeness (QED) is 0.450. The highest BCUT2D eigenvalue weighted by molar-refractivity contribution is 7.13. The molecule has 0 aliphatic heterocycles. The van der Waals surface area contributed by atoms with Gasteiger partial charge in [-0.1, -0.05) is 91.2 Å². The minimum absolute atomic E-state index is 1.28. The van der Waals surface area contributed by atoms with Crippen molar-refractivity contribution in [3.05, 3.63) is 12.3 Å². The molecule has 0 aromatic heterocycles. The van der Waals surface area contributed by atoms with Gasteiger partial charge in [0.1, 0.15) is 32.9 Å². The molecule has 0 bridgehead atoms. The summed E-state index contributed by atoms with van der Waals surface area (Å²) in [4.78, 5) is 0. The first-order valence-electron chi connectivity index (χ1n) is 9.10. The van der Waals surface area contributed by atoms with Crippen LogP contribution in [0.15, 0.2) is 12.3 Å². The molecule has 0 aliphatic carbocycles. The fourth-order valence-corrected chi connectivity index (χ4v) is 46.6. The molecule has 0 radical (unpaired) electrons. The molecule has 0 heterocycles. The van der Waals surface area contributed by atoms with Crippen LogP contribution >= 0.6 is 0 Å². The first-order chi connectivity index (χ1) is 9.85. The molecule has 0 aliphatic rings. The molecule has 0 atom stereocenters. The molecule has 0 fully saturated rings. The molecular weight excluding hydrogens is 361 g/mol. The number of rotatable bonds is 8. The maximum Gasteiger partial charge on any atom is 0.205 e. The van der Waals surface area contributed by atoms with Crippen molar-refractivity contribution in [1.29, 1.82) is 0 Å². The van der Waals surface area contributed by atoms with Crippen LogP contribution in [-0.2, 0) is 0 Å². The zero-order valence-electron chi connectivity index (χ0n) is 18.4. The molecule has 0 rings (SSSR count). The highest BCUT2D eigenvalue weighted by atomic mass is 28.5. The van der Waals surface area contributed by atoms with Crippen molar-refractivity contribution in [3.8, 4) is 0 Å². The summed E-state index contributed by atoms with van der Waals surface area (Å²) in [6.07, 6.45) is 0. The van der Waals surface area contributed by atoms with E-state index in [-0.39, 0.29) is 0 Å². The Hall–Kier alpha value is 0.744. The average Bonchev–Trinajstić information content (AvgIpc) is 2.19. The van der Waals surface area contributed by atoms with Gasteiger partial charge in [-0.2, -0.15) is 0 Å². The van der Waals surface area contributed by atoms with E-state index < -0.39 is 41.3 Å². The van der Waals surface area contributed by atoms with E-state index >= 15 is 0 Å². The van der Waals surface area contributed by atoms with Gasteiger partial charge >= 0.3 is 0 Å². The van der Waals surface area contributed by atoms with Crippen LogP contribution < -0.4 is 0 Å². The Bertz CT molecular complexity index is 350. The van der Waals surface area contributed by atoms with Crippen molar-refractivity contribution in [3.63, 3.8) is 0 Å². The summed E-state index contributed by atoms with van der Waals surface area (Å²) in [5, 5.41) is 0. The van der Waals surface area contributed by atoms with Gasteiger partial charge in [0.05, 0.1) is 0 Å². The van der Waals surface area contributed by atoms with Crippen LogP contribution in [0, 0.1) is 0 Å². The van der Waals surface area contributed by atoms with Crippen LogP contribution in [0.1, 0.15) is 6.92 Å². The third kappa shape index (κ3) is 5.36. The summed E-state index contributed by atoms with van der Waals surface area (Å²) in [6.45, 7) is 37.6. The fourth-order valence-electron chi connectivity index (χ4n) is 5.08. The van der Waals surface area contributed by atoms with Gasteiger partial charge in [-0.25, -0.2) is 0 Å². The maximum atomic E-state index is 4.47. The molecule has 0 amide bonds. The van der Waals surface area contributed by atoms with Gasteiger partial charge in [0.15, 0.2) is 0 Å². The smallest absolute Gasteiger partial charge is 0.205 e. The molecular formula is C16H44N2Si5. The van der Waals surface area contributed by atoms with Crippen LogP contribution in [0.25, 0.3) is 0 Å². The Kier molecular flexibility index (Phi) is 7.40. The summed E-state index contributed by atoms with van der Waals surface area (Å²) in [7, 11) is -7.59.